The van der Waals surface area contributed by atoms with Gasteiger partial charge in [0.15, 0.2) is 11.5 Å². The number of carbonyl (C=O) groups excluding carboxylic acids is 1. The lowest BCUT2D eigenvalue weighted by Crippen LogP contribution is -2.31. The quantitative estimate of drug-likeness (QED) is 0.736. The number of H-pyrrole nitrogens is 1. The molecule has 1 atom stereocenters. The SMILES string of the molecule is O=C(N[C@@H]1CCCc2c1[nH]c1ccc(F)cc21)c1ccc2c(c1)OCO2. The molecule has 2 heterocycles. The Morgan fingerprint density at radius 1 is 1.15 bits per heavy atom. The average Bonchev–Trinajstić information content (AvgIpc) is 3.25. The highest BCUT2D eigenvalue weighted by atomic mass is 19.1. The van der Waals surface area contributed by atoms with Gasteiger partial charge >= 0.3 is 0 Å². The van der Waals surface area contributed by atoms with E-state index in [1.165, 1.54) is 6.07 Å². The van der Waals surface area contributed by atoms with Crippen molar-refractivity contribution >= 4 is 16.8 Å². The van der Waals surface area contributed by atoms with Gasteiger partial charge < -0.3 is 19.8 Å². The fourth-order valence-electron chi connectivity index (χ4n) is 3.86. The predicted molar refractivity (Wildman–Crippen MR) is 94.0 cm³/mol. The Kier molecular flexibility index (Phi) is 3.38. The Balaban J connectivity index is 1.45. The number of amides is 1. The topological polar surface area (TPSA) is 63.4 Å². The molecule has 132 valence electrons. The molecule has 5 nitrogen and oxygen atoms in total. The Bertz CT molecular complexity index is 1030. The monoisotopic (exact) mass is 352 g/mol. The second-order valence-corrected chi connectivity index (χ2v) is 6.69. The molecule has 6 heteroatoms. The Morgan fingerprint density at radius 2 is 2.04 bits per heavy atom. The molecule has 0 saturated heterocycles. The lowest BCUT2D eigenvalue weighted by atomic mass is 9.91. The van der Waals surface area contributed by atoms with Gasteiger partial charge in [-0.3, -0.25) is 4.79 Å². The number of rotatable bonds is 2. The molecule has 0 bridgehead atoms. The maximum Gasteiger partial charge on any atom is 0.251 e. The number of aromatic nitrogens is 1. The molecule has 0 saturated carbocycles. The summed E-state index contributed by atoms with van der Waals surface area (Å²) in [6.07, 6.45) is 2.68. The largest absolute Gasteiger partial charge is 0.454 e. The summed E-state index contributed by atoms with van der Waals surface area (Å²) in [6.45, 7) is 0.179. The first-order valence-corrected chi connectivity index (χ1v) is 8.69. The van der Waals surface area contributed by atoms with E-state index in [4.69, 9.17) is 9.47 Å². The van der Waals surface area contributed by atoms with Gasteiger partial charge in [0.05, 0.1) is 6.04 Å². The second-order valence-electron chi connectivity index (χ2n) is 6.69. The highest BCUT2D eigenvalue weighted by Crippen LogP contribution is 2.36. The Labute approximate surface area is 149 Å². The van der Waals surface area contributed by atoms with Crippen molar-refractivity contribution in [2.45, 2.75) is 25.3 Å². The number of hydrogen-bond donors (Lipinski definition) is 2. The third-order valence-corrected chi connectivity index (χ3v) is 5.11. The number of aryl methyl sites for hydroxylation is 1. The summed E-state index contributed by atoms with van der Waals surface area (Å²) in [5.41, 5.74) is 3.51. The van der Waals surface area contributed by atoms with Crippen LogP contribution in [0.15, 0.2) is 36.4 Å². The molecule has 0 fully saturated rings. The lowest BCUT2D eigenvalue weighted by Gasteiger charge is -2.24. The Hall–Kier alpha value is -3.02. The van der Waals surface area contributed by atoms with E-state index in [9.17, 15) is 9.18 Å². The second kappa shape index (κ2) is 5.76. The van der Waals surface area contributed by atoms with E-state index in [1.54, 1.807) is 30.3 Å². The first-order valence-electron chi connectivity index (χ1n) is 8.69. The van der Waals surface area contributed by atoms with Crippen molar-refractivity contribution in [3.63, 3.8) is 0 Å². The predicted octanol–water partition coefficient (Wildman–Crippen LogP) is 3.84. The standard InChI is InChI=1S/C20H17FN2O3/c21-12-5-6-15-14(9-12)13-2-1-3-16(19(13)22-15)23-20(24)11-4-7-17-18(8-11)26-10-25-17/h4-9,16,22H,1-3,10H2,(H,23,24)/t16-/m1/s1. The minimum atomic E-state index is -0.245. The van der Waals surface area contributed by atoms with Crippen LogP contribution in [0, 0.1) is 5.82 Å². The maximum absolute atomic E-state index is 13.6. The molecule has 0 unspecified atom stereocenters. The zero-order valence-corrected chi connectivity index (χ0v) is 14.0. The van der Waals surface area contributed by atoms with Crippen LogP contribution in [0.25, 0.3) is 10.9 Å². The average molecular weight is 352 g/mol. The fourth-order valence-corrected chi connectivity index (χ4v) is 3.86. The summed E-state index contributed by atoms with van der Waals surface area (Å²) in [5.74, 6) is 0.832. The van der Waals surface area contributed by atoms with Crippen molar-refractivity contribution in [1.82, 2.24) is 10.3 Å². The molecule has 1 aliphatic heterocycles. The van der Waals surface area contributed by atoms with E-state index in [0.29, 0.717) is 17.1 Å². The fraction of sp³-hybridized carbons (Fsp3) is 0.250. The van der Waals surface area contributed by atoms with E-state index < -0.39 is 0 Å². The van der Waals surface area contributed by atoms with Gasteiger partial charge in [-0.2, -0.15) is 0 Å². The number of hydrogen-bond acceptors (Lipinski definition) is 3. The number of halogens is 1. The van der Waals surface area contributed by atoms with Crippen molar-refractivity contribution in [3.05, 3.63) is 59.0 Å². The molecule has 2 aromatic carbocycles. The van der Waals surface area contributed by atoms with Gasteiger partial charge in [0, 0.05) is 22.2 Å². The number of ether oxygens (including phenoxy) is 2. The van der Waals surface area contributed by atoms with Crippen LogP contribution in [0.4, 0.5) is 4.39 Å². The number of benzene rings is 2. The maximum atomic E-state index is 13.6. The van der Waals surface area contributed by atoms with Crippen LogP contribution in [0.1, 0.15) is 40.5 Å². The third-order valence-electron chi connectivity index (χ3n) is 5.11. The highest BCUT2D eigenvalue weighted by molar-refractivity contribution is 5.95. The number of aromatic amines is 1. The van der Waals surface area contributed by atoms with Crippen molar-refractivity contribution in [1.29, 1.82) is 0 Å². The molecule has 1 aromatic heterocycles. The van der Waals surface area contributed by atoms with Crippen LogP contribution in [0.2, 0.25) is 0 Å². The molecule has 2 N–H and O–H groups in total. The molecule has 1 aliphatic carbocycles. The van der Waals surface area contributed by atoms with Gasteiger partial charge in [0.1, 0.15) is 5.82 Å². The molecule has 5 rings (SSSR count). The molecule has 0 spiro atoms. The summed E-state index contributed by atoms with van der Waals surface area (Å²) in [4.78, 5) is 16.1. The smallest absolute Gasteiger partial charge is 0.251 e. The highest BCUT2D eigenvalue weighted by Gasteiger charge is 2.26. The van der Waals surface area contributed by atoms with Crippen molar-refractivity contribution in [2.24, 2.45) is 0 Å². The molecule has 3 aromatic rings. The molecule has 26 heavy (non-hydrogen) atoms. The molecule has 0 radical (unpaired) electrons. The molecular weight excluding hydrogens is 335 g/mol. The van der Waals surface area contributed by atoms with Gasteiger partial charge in [-0.15, -0.1) is 0 Å². The van der Waals surface area contributed by atoms with Crippen molar-refractivity contribution < 1.29 is 18.7 Å². The number of fused-ring (bicyclic) bond motifs is 4. The van der Waals surface area contributed by atoms with E-state index in [1.807, 2.05) is 0 Å². The van der Waals surface area contributed by atoms with Gasteiger partial charge in [0.2, 0.25) is 6.79 Å². The summed E-state index contributed by atoms with van der Waals surface area (Å²) in [5, 5.41) is 4.00. The van der Waals surface area contributed by atoms with Crippen molar-refractivity contribution in [2.75, 3.05) is 6.79 Å². The molecule has 1 amide bonds. The molecular formula is C20H17FN2O3. The minimum absolute atomic E-state index is 0.118. The zero-order valence-electron chi connectivity index (χ0n) is 14.0. The minimum Gasteiger partial charge on any atom is -0.454 e. The van der Waals surface area contributed by atoms with Crippen LogP contribution >= 0.6 is 0 Å². The zero-order chi connectivity index (χ0) is 17.7. The first-order chi connectivity index (χ1) is 12.7. The van der Waals surface area contributed by atoms with Crippen LogP contribution in [0.5, 0.6) is 11.5 Å². The van der Waals surface area contributed by atoms with Gasteiger partial charge in [0.25, 0.3) is 5.91 Å². The van der Waals surface area contributed by atoms with Crippen molar-refractivity contribution in [3.8, 4) is 11.5 Å². The third kappa shape index (κ3) is 2.41. The van der Waals surface area contributed by atoms with E-state index >= 15 is 0 Å². The van der Waals surface area contributed by atoms with Gasteiger partial charge in [-0.05, 0) is 61.2 Å². The summed E-state index contributed by atoms with van der Waals surface area (Å²) in [6, 6.07) is 9.81. The van der Waals surface area contributed by atoms with E-state index in [-0.39, 0.29) is 24.6 Å². The lowest BCUT2D eigenvalue weighted by molar-refractivity contribution is 0.0931. The van der Waals surface area contributed by atoms with Gasteiger partial charge in [-0.1, -0.05) is 0 Å². The van der Waals surface area contributed by atoms with Gasteiger partial charge in [-0.25, -0.2) is 4.39 Å². The molecule has 2 aliphatic rings. The normalized spacial score (nSPS) is 18.0. The van der Waals surface area contributed by atoms with E-state index in [2.05, 4.69) is 10.3 Å². The first kappa shape index (κ1) is 15.3. The van der Waals surface area contributed by atoms with E-state index in [0.717, 1.165) is 41.4 Å². The van der Waals surface area contributed by atoms with Crippen LogP contribution < -0.4 is 14.8 Å². The number of nitrogens with one attached hydrogen (secondary N) is 2. The Morgan fingerprint density at radius 3 is 2.96 bits per heavy atom. The van der Waals surface area contributed by atoms with Crippen LogP contribution in [-0.4, -0.2) is 17.7 Å². The summed E-state index contributed by atoms with van der Waals surface area (Å²) < 4.78 is 24.2. The summed E-state index contributed by atoms with van der Waals surface area (Å²) in [7, 11) is 0. The summed E-state index contributed by atoms with van der Waals surface area (Å²) >= 11 is 0. The number of carbonyl (C=O) groups is 1. The van der Waals surface area contributed by atoms with Crippen LogP contribution in [0.3, 0.4) is 0 Å². The van der Waals surface area contributed by atoms with Crippen LogP contribution in [-0.2, 0) is 6.42 Å².